The first kappa shape index (κ1) is 15.7. The first-order valence-electron chi connectivity index (χ1n) is 8.44. The Hall–Kier alpha value is -1.23. The molecule has 2 aromatic heterocycles. The summed E-state index contributed by atoms with van der Waals surface area (Å²) in [6.45, 7) is 6.83. The molecular weight excluding hydrogens is 292 g/mol. The van der Waals surface area contributed by atoms with Crippen molar-refractivity contribution in [1.29, 1.82) is 0 Å². The monoisotopic (exact) mass is 318 g/mol. The Morgan fingerprint density at radius 3 is 2.73 bits per heavy atom. The van der Waals surface area contributed by atoms with Crippen LogP contribution in [0.2, 0.25) is 0 Å². The van der Waals surface area contributed by atoms with Crippen LogP contribution in [-0.4, -0.2) is 19.3 Å². The second-order valence-corrected chi connectivity index (χ2v) is 7.94. The first-order chi connectivity index (χ1) is 10.6. The third kappa shape index (κ3) is 3.09. The molecule has 0 aliphatic heterocycles. The molecule has 1 aliphatic rings. The summed E-state index contributed by atoms with van der Waals surface area (Å²) in [5.41, 5.74) is 2.11. The normalized spacial score (nSPS) is 17.5. The van der Waals surface area contributed by atoms with Crippen LogP contribution in [0, 0.1) is 0 Å². The molecule has 1 N–H and O–H groups in total. The van der Waals surface area contributed by atoms with Crippen molar-refractivity contribution < 1.29 is 0 Å². The van der Waals surface area contributed by atoms with Gasteiger partial charge in [-0.1, -0.05) is 26.7 Å². The van der Waals surface area contributed by atoms with E-state index in [9.17, 15) is 0 Å². The van der Waals surface area contributed by atoms with Crippen LogP contribution in [0.15, 0.2) is 18.3 Å². The lowest BCUT2D eigenvalue weighted by Crippen LogP contribution is -2.17. The molecule has 0 unspecified atom stereocenters. The third-order valence-electron chi connectivity index (χ3n) is 4.85. The van der Waals surface area contributed by atoms with E-state index in [1.165, 1.54) is 31.4 Å². The van der Waals surface area contributed by atoms with E-state index in [4.69, 9.17) is 4.98 Å². The molecule has 0 atom stereocenters. The van der Waals surface area contributed by atoms with Crippen LogP contribution in [0.3, 0.4) is 0 Å². The summed E-state index contributed by atoms with van der Waals surface area (Å²) in [4.78, 5) is 4.79. The third-order valence-corrected chi connectivity index (χ3v) is 6.06. The number of hydrogen-bond acceptors (Lipinski definition) is 4. The van der Waals surface area contributed by atoms with Crippen LogP contribution in [0.4, 0.5) is 5.82 Å². The van der Waals surface area contributed by atoms with E-state index in [1.807, 2.05) is 28.7 Å². The molecule has 3 rings (SSSR count). The van der Waals surface area contributed by atoms with Gasteiger partial charge in [0, 0.05) is 28.5 Å². The van der Waals surface area contributed by atoms with E-state index in [-0.39, 0.29) is 0 Å². The van der Waals surface area contributed by atoms with Crippen LogP contribution in [0.25, 0.3) is 5.65 Å². The van der Waals surface area contributed by atoms with Crippen molar-refractivity contribution in [2.45, 2.75) is 70.0 Å². The zero-order chi connectivity index (χ0) is 15.6. The van der Waals surface area contributed by atoms with Crippen molar-refractivity contribution >= 4 is 23.4 Å². The number of nitrogens with one attached hydrogen (secondary N) is 1. The lowest BCUT2D eigenvalue weighted by atomic mass is 9.99. The quantitative estimate of drug-likeness (QED) is 0.759. The molecule has 2 heterocycles. The molecule has 22 heavy (non-hydrogen) atoms. The van der Waals surface area contributed by atoms with E-state index in [2.05, 4.69) is 36.7 Å². The Morgan fingerprint density at radius 1 is 1.32 bits per heavy atom. The SMILES string of the molecule is CCC(CC)c1cc(NSC2(C)CCCC2)n2nccc2n1. The average Bonchev–Trinajstić information content (AvgIpc) is 3.15. The van der Waals surface area contributed by atoms with Gasteiger partial charge in [0.2, 0.25) is 0 Å². The van der Waals surface area contributed by atoms with Gasteiger partial charge >= 0.3 is 0 Å². The molecule has 120 valence electrons. The molecule has 1 fully saturated rings. The van der Waals surface area contributed by atoms with Crippen molar-refractivity contribution in [2.24, 2.45) is 0 Å². The van der Waals surface area contributed by atoms with Gasteiger partial charge in [0.15, 0.2) is 5.65 Å². The van der Waals surface area contributed by atoms with Crippen LogP contribution in [-0.2, 0) is 0 Å². The van der Waals surface area contributed by atoms with Crippen molar-refractivity contribution in [1.82, 2.24) is 14.6 Å². The fraction of sp³-hybridized carbons (Fsp3) is 0.647. The number of rotatable bonds is 6. The number of nitrogens with zero attached hydrogens (tertiary/aromatic N) is 3. The number of fused-ring (bicyclic) bond motifs is 1. The van der Waals surface area contributed by atoms with Crippen LogP contribution in [0.5, 0.6) is 0 Å². The lowest BCUT2D eigenvalue weighted by Gasteiger charge is -2.23. The Morgan fingerprint density at radius 2 is 2.05 bits per heavy atom. The number of hydrogen-bond donors (Lipinski definition) is 1. The maximum Gasteiger partial charge on any atom is 0.157 e. The zero-order valence-electron chi connectivity index (χ0n) is 13.8. The fourth-order valence-electron chi connectivity index (χ4n) is 3.32. The van der Waals surface area contributed by atoms with E-state index < -0.39 is 0 Å². The standard InChI is InChI=1S/C17H26N4S/c1-4-13(5-2)14-12-16(21-15(19-14)8-11-18-21)20-22-17(3)9-6-7-10-17/h8,11-13,20H,4-7,9-10H2,1-3H3. The molecule has 5 heteroatoms. The predicted molar refractivity (Wildman–Crippen MR) is 94.4 cm³/mol. The minimum Gasteiger partial charge on any atom is -0.314 e. The molecule has 0 radical (unpaired) electrons. The summed E-state index contributed by atoms with van der Waals surface area (Å²) < 4.78 is 5.84. The molecule has 0 bridgehead atoms. The highest BCUT2D eigenvalue weighted by molar-refractivity contribution is 8.01. The molecule has 1 aliphatic carbocycles. The highest BCUT2D eigenvalue weighted by Crippen LogP contribution is 2.41. The molecular formula is C17H26N4S. The van der Waals surface area contributed by atoms with Crippen molar-refractivity contribution in [2.75, 3.05) is 4.72 Å². The topological polar surface area (TPSA) is 42.2 Å². The minimum absolute atomic E-state index is 0.345. The van der Waals surface area contributed by atoms with E-state index in [0.29, 0.717) is 10.7 Å². The summed E-state index contributed by atoms with van der Waals surface area (Å²) >= 11 is 1.85. The van der Waals surface area contributed by atoms with Gasteiger partial charge in [-0.25, -0.2) is 4.98 Å². The smallest absolute Gasteiger partial charge is 0.157 e. The van der Waals surface area contributed by atoms with Crippen molar-refractivity contribution in [3.05, 3.63) is 24.0 Å². The van der Waals surface area contributed by atoms with Crippen LogP contribution >= 0.6 is 11.9 Å². The Bertz CT molecular complexity index is 627. The number of aromatic nitrogens is 3. The Balaban J connectivity index is 1.88. The zero-order valence-corrected chi connectivity index (χ0v) is 14.6. The van der Waals surface area contributed by atoms with E-state index >= 15 is 0 Å². The molecule has 0 aromatic carbocycles. The summed E-state index contributed by atoms with van der Waals surface area (Å²) in [5.74, 6) is 1.57. The van der Waals surface area contributed by atoms with E-state index in [0.717, 1.165) is 24.3 Å². The highest BCUT2D eigenvalue weighted by atomic mass is 32.2. The maximum atomic E-state index is 4.79. The Labute approximate surface area is 137 Å². The van der Waals surface area contributed by atoms with E-state index in [1.54, 1.807) is 0 Å². The lowest BCUT2D eigenvalue weighted by molar-refractivity contribution is 0.623. The summed E-state index contributed by atoms with van der Waals surface area (Å²) in [7, 11) is 0. The molecule has 4 nitrogen and oxygen atoms in total. The Kier molecular flexibility index (Phi) is 4.62. The first-order valence-corrected chi connectivity index (χ1v) is 9.25. The average molecular weight is 318 g/mol. The fourth-order valence-corrected chi connectivity index (χ4v) is 4.31. The molecule has 0 spiro atoms. The van der Waals surface area contributed by atoms with Gasteiger partial charge in [-0.15, -0.1) is 0 Å². The van der Waals surface area contributed by atoms with Gasteiger partial charge in [0.25, 0.3) is 0 Å². The molecule has 1 saturated carbocycles. The number of anilines is 1. The molecule has 0 saturated heterocycles. The van der Waals surface area contributed by atoms with Crippen molar-refractivity contribution in [3.63, 3.8) is 0 Å². The second kappa shape index (κ2) is 6.49. The minimum atomic E-state index is 0.345. The van der Waals surface area contributed by atoms with Gasteiger partial charge in [0.05, 0.1) is 6.20 Å². The maximum absolute atomic E-state index is 4.79. The van der Waals surface area contributed by atoms with Gasteiger partial charge in [-0.2, -0.15) is 9.61 Å². The summed E-state index contributed by atoms with van der Waals surface area (Å²) in [6.07, 6.45) is 9.34. The summed E-state index contributed by atoms with van der Waals surface area (Å²) in [6, 6.07) is 4.17. The van der Waals surface area contributed by atoms with Crippen LogP contribution in [0.1, 0.15) is 70.9 Å². The predicted octanol–water partition coefficient (Wildman–Crippen LogP) is 5.03. The van der Waals surface area contributed by atoms with Gasteiger partial charge in [-0.3, -0.25) is 0 Å². The highest BCUT2D eigenvalue weighted by Gasteiger charge is 2.30. The largest absolute Gasteiger partial charge is 0.314 e. The van der Waals surface area contributed by atoms with Crippen LogP contribution < -0.4 is 4.72 Å². The molecule has 0 amide bonds. The van der Waals surface area contributed by atoms with Gasteiger partial charge in [-0.05, 0) is 44.6 Å². The summed E-state index contributed by atoms with van der Waals surface area (Å²) in [5, 5.41) is 4.42. The van der Waals surface area contributed by atoms with Gasteiger partial charge in [0.1, 0.15) is 5.82 Å². The van der Waals surface area contributed by atoms with Gasteiger partial charge < -0.3 is 4.72 Å². The second-order valence-electron chi connectivity index (χ2n) is 6.54. The van der Waals surface area contributed by atoms with Crippen molar-refractivity contribution in [3.8, 4) is 0 Å². The molecule has 2 aromatic rings.